The van der Waals surface area contributed by atoms with Gasteiger partial charge in [-0.1, -0.05) is 6.92 Å². The van der Waals surface area contributed by atoms with Crippen molar-refractivity contribution in [3.8, 4) is 5.75 Å². The molecular formula is C13H21FN2O2. The quantitative estimate of drug-likeness (QED) is 0.554. The highest BCUT2D eigenvalue weighted by atomic mass is 19.1. The lowest BCUT2D eigenvalue weighted by Crippen LogP contribution is -2.11. The van der Waals surface area contributed by atoms with Crippen LogP contribution in [0.25, 0.3) is 0 Å². The number of rotatable bonds is 8. The second-order valence-electron chi connectivity index (χ2n) is 3.84. The van der Waals surface area contributed by atoms with Crippen LogP contribution in [0.4, 0.5) is 15.8 Å². The molecule has 1 aromatic rings. The molecule has 0 saturated heterocycles. The molecule has 0 aliphatic carbocycles. The predicted octanol–water partition coefficient (Wildman–Crippen LogP) is 2.65. The molecule has 0 radical (unpaired) electrons. The summed E-state index contributed by atoms with van der Waals surface area (Å²) >= 11 is 0. The van der Waals surface area contributed by atoms with Gasteiger partial charge in [0.25, 0.3) is 0 Å². The van der Waals surface area contributed by atoms with Gasteiger partial charge in [0.1, 0.15) is 0 Å². The summed E-state index contributed by atoms with van der Waals surface area (Å²) in [4.78, 5) is 0. The standard InChI is InChI=1S/C13H21FN2O2/c1-3-6-18-13-9-12(11(15)8-10(13)14)16-5-7-17-4-2/h8-9,16H,3-7,15H2,1-2H3. The van der Waals surface area contributed by atoms with E-state index in [-0.39, 0.29) is 5.75 Å². The molecule has 0 atom stereocenters. The molecular weight excluding hydrogens is 235 g/mol. The number of hydrogen-bond donors (Lipinski definition) is 2. The van der Waals surface area contributed by atoms with Gasteiger partial charge in [-0.15, -0.1) is 0 Å². The largest absolute Gasteiger partial charge is 0.490 e. The highest BCUT2D eigenvalue weighted by Crippen LogP contribution is 2.28. The molecule has 0 heterocycles. The van der Waals surface area contributed by atoms with E-state index in [4.69, 9.17) is 15.2 Å². The Balaban J connectivity index is 2.65. The van der Waals surface area contributed by atoms with E-state index < -0.39 is 5.82 Å². The zero-order valence-corrected chi connectivity index (χ0v) is 11.0. The summed E-state index contributed by atoms with van der Waals surface area (Å²) in [7, 11) is 0. The second-order valence-corrected chi connectivity index (χ2v) is 3.84. The molecule has 0 amide bonds. The maximum Gasteiger partial charge on any atom is 0.167 e. The average Bonchev–Trinajstić information content (AvgIpc) is 2.35. The van der Waals surface area contributed by atoms with Gasteiger partial charge in [0.05, 0.1) is 24.6 Å². The molecule has 18 heavy (non-hydrogen) atoms. The van der Waals surface area contributed by atoms with Crippen LogP contribution in [0.5, 0.6) is 5.75 Å². The van der Waals surface area contributed by atoms with Gasteiger partial charge >= 0.3 is 0 Å². The van der Waals surface area contributed by atoms with Crippen molar-refractivity contribution in [1.29, 1.82) is 0 Å². The minimum absolute atomic E-state index is 0.227. The third-order valence-electron chi connectivity index (χ3n) is 2.33. The minimum atomic E-state index is -0.434. The molecule has 1 rings (SSSR count). The van der Waals surface area contributed by atoms with E-state index in [1.807, 2.05) is 13.8 Å². The van der Waals surface area contributed by atoms with Crippen molar-refractivity contribution in [2.45, 2.75) is 20.3 Å². The maximum atomic E-state index is 13.5. The van der Waals surface area contributed by atoms with Crippen LogP contribution in [-0.4, -0.2) is 26.4 Å². The molecule has 0 unspecified atom stereocenters. The predicted molar refractivity (Wildman–Crippen MR) is 71.6 cm³/mol. The van der Waals surface area contributed by atoms with Gasteiger partial charge in [-0.2, -0.15) is 0 Å². The third-order valence-corrected chi connectivity index (χ3v) is 2.33. The molecule has 4 nitrogen and oxygen atoms in total. The topological polar surface area (TPSA) is 56.5 Å². The Morgan fingerprint density at radius 3 is 2.72 bits per heavy atom. The summed E-state index contributed by atoms with van der Waals surface area (Å²) in [6.45, 7) is 6.26. The lowest BCUT2D eigenvalue weighted by Gasteiger charge is -2.13. The molecule has 0 aliphatic rings. The van der Waals surface area contributed by atoms with Crippen molar-refractivity contribution >= 4 is 11.4 Å². The van der Waals surface area contributed by atoms with Gasteiger partial charge in [-0.05, 0) is 13.3 Å². The summed E-state index contributed by atoms with van der Waals surface area (Å²) < 4.78 is 24.1. The second kappa shape index (κ2) is 7.76. The first-order valence-electron chi connectivity index (χ1n) is 6.22. The summed E-state index contributed by atoms with van der Waals surface area (Å²) in [6.07, 6.45) is 0.830. The van der Waals surface area contributed by atoms with Crippen molar-refractivity contribution in [3.63, 3.8) is 0 Å². The number of benzene rings is 1. The van der Waals surface area contributed by atoms with E-state index in [9.17, 15) is 4.39 Å². The van der Waals surface area contributed by atoms with Crippen LogP contribution in [0.15, 0.2) is 12.1 Å². The summed E-state index contributed by atoms with van der Waals surface area (Å²) in [5.74, 6) is -0.207. The van der Waals surface area contributed by atoms with Gasteiger partial charge in [0, 0.05) is 25.3 Å². The molecule has 0 spiro atoms. The van der Waals surface area contributed by atoms with Gasteiger partial charge < -0.3 is 20.5 Å². The molecule has 0 aliphatic heterocycles. The Bertz CT molecular complexity index is 372. The smallest absolute Gasteiger partial charge is 0.167 e. The van der Waals surface area contributed by atoms with Gasteiger partial charge in [0.15, 0.2) is 11.6 Å². The fraction of sp³-hybridized carbons (Fsp3) is 0.538. The van der Waals surface area contributed by atoms with Crippen molar-refractivity contribution in [2.24, 2.45) is 0 Å². The fourth-order valence-electron chi connectivity index (χ4n) is 1.45. The van der Waals surface area contributed by atoms with E-state index in [1.54, 1.807) is 6.07 Å². The lowest BCUT2D eigenvalue weighted by atomic mass is 10.2. The van der Waals surface area contributed by atoms with E-state index >= 15 is 0 Å². The van der Waals surface area contributed by atoms with E-state index in [1.165, 1.54) is 6.07 Å². The summed E-state index contributed by atoms with van der Waals surface area (Å²) in [5.41, 5.74) is 6.77. The average molecular weight is 256 g/mol. The number of nitrogens with two attached hydrogens (primary N) is 1. The SMILES string of the molecule is CCCOc1cc(NCCOCC)c(N)cc1F. The number of nitrogens with one attached hydrogen (secondary N) is 1. The zero-order valence-electron chi connectivity index (χ0n) is 11.0. The Morgan fingerprint density at radius 2 is 2.06 bits per heavy atom. The molecule has 0 fully saturated rings. The Kier molecular flexibility index (Phi) is 6.28. The fourth-order valence-corrected chi connectivity index (χ4v) is 1.45. The highest BCUT2D eigenvalue weighted by Gasteiger charge is 2.08. The van der Waals surface area contributed by atoms with Crippen molar-refractivity contribution in [1.82, 2.24) is 0 Å². The summed E-state index contributed by atoms with van der Waals surface area (Å²) in [5, 5.41) is 3.10. The highest BCUT2D eigenvalue weighted by molar-refractivity contribution is 5.68. The minimum Gasteiger partial charge on any atom is -0.490 e. The van der Waals surface area contributed by atoms with Gasteiger partial charge in [0.2, 0.25) is 0 Å². The van der Waals surface area contributed by atoms with Gasteiger partial charge in [-0.25, -0.2) is 4.39 Å². The van der Waals surface area contributed by atoms with Crippen molar-refractivity contribution < 1.29 is 13.9 Å². The first-order valence-corrected chi connectivity index (χ1v) is 6.22. The molecule has 0 saturated carbocycles. The van der Waals surface area contributed by atoms with Crippen LogP contribution in [0.3, 0.4) is 0 Å². The van der Waals surface area contributed by atoms with Crippen LogP contribution in [0, 0.1) is 5.82 Å². The van der Waals surface area contributed by atoms with Crippen LogP contribution >= 0.6 is 0 Å². The molecule has 5 heteroatoms. The Labute approximate surface area is 107 Å². The first kappa shape index (κ1) is 14.6. The monoisotopic (exact) mass is 256 g/mol. The normalized spacial score (nSPS) is 10.4. The summed E-state index contributed by atoms with van der Waals surface area (Å²) in [6, 6.07) is 2.86. The molecule has 1 aromatic carbocycles. The number of ether oxygens (including phenoxy) is 2. The van der Waals surface area contributed by atoms with E-state index in [0.717, 1.165) is 6.42 Å². The van der Waals surface area contributed by atoms with Crippen LogP contribution in [-0.2, 0) is 4.74 Å². The number of anilines is 2. The zero-order chi connectivity index (χ0) is 13.4. The Hall–Kier alpha value is -1.49. The van der Waals surface area contributed by atoms with Crippen LogP contribution < -0.4 is 15.8 Å². The van der Waals surface area contributed by atoms with E-state index in [2.05, 4.69) is 5.32 Å². The third kappa shape index (κ3) is 4.41. The maximum absolute atomic E-state index is 13.5. The molecule has 0 aromatic heterocycles. The van der Waals surface area contributed by atoms with Crippen molar-refractivity contribution in [2.75, 3.05) is 37.4 Å². The van der Waals surface area contributed by atoms with Gasteiger partial charge in [-0.3, -0.25) is 0 Å². The molecule has 3 N–H and O–H groups in total. The molecule has 0 bridgehead atoms. The van der Waals surface area contributed by atoms with E-state index in [0.29, 0.717) is 37.7 Å². The van der Waals surface area contributed by atoms with Crippen molar-refractivity contribution in [3.05, 3.63) is 17.9 Å². The Morgan fingerprint density at radius 1 is 1.28 bits per heavy atom. The number of halogens is 1. The van der Waals surface area contributed by atoms with Crippen LogP contribution in [0.2, 0.25) is 0 Å². The molecule has 102 valence electrons. The number of nitrogen functional groups attached to an aromatic ring is 1. The lowest BCUT2D eigenvalue weighted by molar-refractivity contribution is 0.158. The van der Waals surface area contributed by atoms with Crippen LogP contribution in [0.1, 0.15) is 20.3 Å². The number of hydrogen-bond acceptors (Lipinski definition) is 4. The first-order chi connectivity index (χ1) is 8.69.